The molecule has 1 aliphatic rings. The number of thioether (sulfide) groups is 1. The third kappa shape index (κ3) is 5.46. The number of aromatic amines is 1. The van der Waals surface area contributed by atoms with Gasteiger partial charge in [-0.15, -0.1) is 0 Å². The van der Waals surface area contributed by atoms with Gasteiger partial charge in [0.15, 0.2) is 5.16 Å². The number of imidazole rings is 1. The first-order chi connectivity index (χ1) is 12.5. The average molecular weight is 377 g/mol. The van der Waals surface area contributed by atoms with E-state index in [0.717, 1.165) is 42.2 Å². The van der Waals surface area contributed by atoms with Crippen molar-refractivity contribution >= 4 is 28.7 Å². The van der Waals surface area contributed by atoms with Gasteiger partial charge in [0.25, 0.3) is 0 Å². The number of rotatable bonds is 7. The second-order valence-corrected chi connectivity index (χ2v) is 8.04. The Bertz CT molecular complexity index is 738. The third-order valence-electron chi connectivity index (χ3n) is 4.42. The number of aromatic nitrogens is 2. The Kier molecular flexibility index (Phi) is 6.56. The lowest BCUT2D eigenvalue weighted by Gasteiger charge is -2.35. The molecule has 1 aliphatic heterocycles. The Hall–Kier alpha value is -1.57. The number of fused-ring (bicyclic) bond motifs is 1. The van der Waals surface area contributed by atoms with Crippen molar-refractivity contribution < 1.29 is 9.53 Å². The molecule has 26 heavy (non-hydrogen) atoms. The molecule has 2 N–H and O–H groups in total. The van der Waals surface area contributed by atoms with Gasteiger partial charge in [-0.05, 0) is 44.9 Å². The van der Waals surface area contributed by atoms with Crippen LogP contribution in [0.15, 0.2) is 23.4 Å². The predicted molar refractivity (Wildman–Crippen MR) is 106 cm³/mol. The summed E-state index contributed by atoms with van der Waals surface area (Å²) in [5.74, 6) is 0.431. The van der Waals surface area contributed by atoms with E-state index in [-0.39, 0.29) is 18.1 Å². The molecule has 0 aliphatic carbocycles. The van der Waals surface area contributed by atoms with Gasteiger partial charge in [-0.1, -0.05) is 17.8 Å². The van der Waals surface area contributed by atoms with E-state index in [0.29, 0.717) is 12.3 Å². The number of carbonyl (C=O) groups excluding carboxylic acids is 1. The van der Waals surface area contributed by atoms with Crippen LogP contribution in [-0.4, -0.2) is 64.9 Å². The molecule has 6 nitrogen and oxygen atoms in total. The summed E-state index contributed by atoms with van der Waals surface area (Å²) in [6.45, 7) is 9.92. The molecule has 0 bridgehead atoms. The first-order valence-corrected chi connectivity index (χ1v) is 10.2. The summed E-state index contributed by atoms with van der Waals surface area (Å²) < 4.78 is 5.74. The molecule has 0 spiro atoms. The maximum absolute atomic E-state index is 12.0. The van der Waals surface area contributed by atoms with Gasteiger partial charge < -0.3 is 15.0 Å². The highest BCUT2D eigenvalue weighted by Gasteiger charge is 2.21. The molecule has 1 aromatic carbocycles. The quantitative estimate of drug-likeness (QED) is 0.574. The van der Waals surface area contributed by atoms with Crippen LogP contribution >= 0.6 is 11.8 Å². The summed E-state index contributed by atoms with van der Waals surface area (Å²) in [7, 11) is 0. The second kappa shape index (κ2) is 8.88. The molecule has 2 aromatic rings. The highest BCUT2D eigenvalue weighted by molar-refractivity contribution is 7.99. The van der Waals surface area contributed by atoms with Gasteiger partial charge in [-0.25, -0.2) is 4.98 Å². The summed E-state index contributed by atoms with van der Waals surface area (Å²) >= 11 is 1.44. The summed E-state index contributed by atoms with van der Waals surface area (Å²) in [5, 5.41) is 3.79. The number of nitrogens with one attached hydrogen (secondary N) is 2. The topological polar surface area (TPSA) is 70.2 Å². The van der Waals surface area contributed by atoms with Gasteiger partial charge in [0.05, 0.1) is 29.0 Å². The molecule has 7 heteroatoms. The van der Waals surface area contributed by atoms with E-state index < -0.39 is 0 Å². The first kappa shape index (κ1) is 19.2. The summed E-state index contributed by atoms with van der Waals surface area (Å²) in [6.07, 6.45) is 1.54. The number of benzene rings is 1. The molecular formula is C19H28N4O2S. The van der Waals surface area contributed by atoms with E-state index in [1.807, 2.05) is 12.1 Å². The second-order valence-electron chi connectivity index (χ2n) is 7.07. The minimum Gasteiger partial charge on any atom is -0.373 e. The average Bonchev–Trinajstić information content (AvgIpc) is 2.98. The normalized spacial score (nSPS) is 21.2. The first-order valence-electron chi connectivity index (χ1n) is 9.23. The van der Waals surface area contributed by atoms with Crippen LogP contribution in [0.25, 0.3) is 11.0 Å². The molecule has 1 amide bonds. The van der Waals surface area contributed by atoms with Gasteiger partial charge in [-0.2, -0.15) is 0 Å². The maximum atomic E-state index is 12.0. The summed E-state index contributed by atoms with van der Waals surface area (Å²) in [6, 6.07) is 6.11. The van der Waals surface area contributed by atoms with Crippen molar-refractivity contribution in [3.05, 3.63) is 23.8 Å². The Morgan fingerprint density at radius 2 is 2.15 bits per heavy atom. The molecule has 2 heterocycles. The fraction of sp³-hybridized carbons (Fsp3) is 0.579. The molecule has 1 saturated heterocycles. The van der Waals surface area contributed by atoms with Crippen LogP contribution in [0.5, 0.6) is 0 Å². The number of H-pyrrole nitrogens is 1. The molecule has 1 fully saturated rings. The van der Waals surface area contributed by atoms with E-state index in [9.17, 15) is 4.79 Å². The highest BCUT2D eigenvalue weighted by Crippen LogP contribution is 2.20. The molecule has 142 valence electrons. The number of morpholine rings is 1. The monoisotopic (exact) mass is 376 g/mol. The predicted octanol–water partition coefficient (Wildman–Crippen LogP) is 2.58. The van der Waals surface area contributed by atoms with E-state index in [1.54, 1.807) is 0 Å². The zero-order valence-corrected chi connectivity index (χ0v) is 16.6. The Morgan fingerprint density at radius 1 is 1.38 bits per heavy atom. The molecule has 0 radical (unpaired) electrons. The fourth-order valence-corrected chi connectivity index (χ4v) is 4.07. The van der Waals surface area contributed by atoms with Crippen molar-refractivity contribution in [3.8, 4) is 0 Å². The molecule has 3 rings (SSSR count). The Labute approximate surface area is 159 Å². The van der Waals surface area contributed by atoms with Crippen LogP contribution in [0, 0.1) is 6.92 Å². The molecule has 0 saturated carbocycles. The van der Waals surface area contributed by atoms with Crippen molar-refractivity contribution in [2.45, 2.75) is 44.6 Å². The number of hydrogen-bond donors (Lipinski definition) is 2. The zero-order valence-electron chi connectivity index (χ0n) is 15.7. The van der Waals surface area contributed by atoms with E-state index in [1.165, 1.54) is 17.3 Å². The molecule has 2 atom stereocenters. The van der Waals surface area contributed by atoms with Crippen molar-refractivity contribution in [1.29, 1.82) is 0 Å². The highest BCUT2D eigenvalue weighted by atomic mass is 32.2. The number of aryl methyl sites for hydroxylation is 1. The SMILES string of the molecule is Cc1ccc2nc(SCC(=O)NCCCN3C[C@@H](C)O[C@@H](C)C3)[nH]c2c1. The van der Waals surface area contributed by atoms with Gasteiger partial charge in [0.2, 0.25) is 5.91 Å². The largest absolute Gasteiger partial charge is 0.373 e. The number of amides is 1. The van der Waals surface area contributed by atoms with Gasteiger partial charge in [0.1, 0.15) is 0 Å². The van der Waals surface area contributed by atoms with Crippen LogP contribution in [0.2, 0.25) is 0 Å². The minimum absolute atomic E-state index is 0.0513. The van der Waals surface area contributed by atoms with Crippen molar-refractivity contribution in [2.75, 3.05) is 31.9 Å². The Balaban J connectivity index is 1.35. The molecular weight excluding hydrogens is 348 g/mol. The van der Waals surface area contributed by atoms with Crippen molar-refractivity contribution in [1.82, 2.24) is 20.2 Å². The summed E-state index contributed by atoms with van der Waals surface area (Å²) in [4.78, 5) is 22.2. The standard InChI is InChI=1S/C19H28N4O2S/c1-13-5-6-16-17(9-13)22-19(21-16)26-12-18(24)20-7-4-8-23-10-14(2)25-15(3)11-23/h5-6,9,14-15H,4,7-8,10-12H2,1-3H3,(H,20,24)(H,21,22)/t14-,15+. The van der Waals surface area contributed by atoms with Gasteiger partial charge in [0, 0.05) is 26.2 Å². The zero-order chi connectivity index (χ0) is 18.5. The van der Waals surface area contributed by atoms with E-state index in [2.05, 4.69) is 47.0 Å². The lowest BCUT2D eigenvalue weighted by Crippen LogP contribution is -2.46. The summed E-state index contributed by atoms with van der Waals surface area (Å²) in [5.41, 5.74) is 3.15. The maximum Gasteiger partial charge on any atom is 0.230 e. The van der Waals surface area contributed by atoms with Crippen LogP contribution in [0.4, 0.5) is 0 Å². The van der Waals surface area contributed by atoms with E-state index >= 15 is 0 Å². The Morgan fingerprint density at radius 3 is 2.92 bits per heavy atom. The lowest BCUT2D eigenvalue weighted by atomic mass is 10.2. The number of carbonyl (C=O) groups is 1. The fourth-order valence-electron chi connectivity index (χ4n) is 3.35. The van der Waals surface area contributed by atoms with Crippen LogP contribution in [0.1, 0.15) is 25.8 Å². The number of ether oxygens (including phenoxy) is 1. The smallest absolute Gasteiger partial charge is 0.230 e. The molecule has 1 aromatic heterocycles. The van der Waals surface area contributed by atoms with Crippen LogP contribution in [0.3, 0.4) is 0 Å². The number of nitrogens with zero attached hydrogens (tertiary/aromatic N) is 2. The van der Waals surface area contributed by atoms with Crippen molar-refractivity contribution in [3.63, 3.8) is 0 Å². The van der Waals surface area contributed by atoms with Crippen molar-refractivity contribution in [2.24, 2.45) is 0 Å². The van der Waals surface area contributed by atoms with Crippen LogP contribution in [-0.2, 0) is 9.53 Å². The minimum atomic E-state index is 0.0513. The van der Waals surface area contributed by atoms with E-state index in [4.69, 9.17) is 4.74 Å². The van der Waals surface area contributed by atoms with Gasteiger partial charge >= 0.3 is 0 Å². The number of hydrogen-bond acceptors (Lipinski definition) is 5. The lowest BCUT2D eigenvalue weighted by molar-refractivity contribution is -0.118. The molecule has 0 unspecified atom stereocenters. The third-order valence-corrected chi connectivity index (χ3v) is 5.30. The van der Waals surface area contributed by atoms with Gasteiger partial charge in [-0.3, -0.25) is 9.69 Å². The van der Waals surface area contributed by atoms with Crippen LogP contribution < -0.4 is 5.32 Å².